The molecule has 6 heteroatoms. The van der Waals surface area contributed by atoms with Crippen molar-refractivity contribution in [1.82, 2.24) is 4.98 Å². The summed E-state index contributed by atoms with van der Waals surface area (Å²) in [4.78, 5) is 28.2. The summed E-state index contributed by atoms with van der Waals surface area (Å²) < 4.78 is 15.6. The van der Waals surface area contributed by atoms with Gasteiger partial charge in [0, 0.05) is 22.2 Å². The number of aryl methyl sites for hydroxylation is 1. The topological polar surface area (TPSA) is 77.6 Å². The molecule has 0 saturated carbocycles. The fourth-order valence-electron chi connectivity index (χ4n) is 2.96. The maximum absolute atomic E-state index is 12.6. The molecule has 0 saturated heterocycles. The van der Waals surface area contributed by atoms with Gasteiger partial charge >= 0.3 is 5.97 Å². The van der Waals surface area contributed by atoms with Crippen molar-refractivity contribution in [3.8, 4) is 11.5 Å². The van der Waals surface area contributed by atoms with Gasteiger partial charge in [-0.25, -0.2) is 4.79 Å². The lowest BCUT2D eigenvalue weighted by Gasteiger charge is -2.12. The first-order chi connectivity index (χ1) is 12.6. The number of esters is 1. The molecular weight excluding hydrogens is 334 g/mol. The highest BCUT2D eigenvalue weighted by Gasteiger charge is 2.21. The zero-order valence-electron chi connectivity index (χ0n) is 14.8. The number of aromatic amines is 1. The van der Waals surface area contributed by atoms with E-state index >= 15 is 0 Å². The molecule has 0 spiro atoms. The molecule has 0 fully saturated rings. The van der Waals surface area contributed by atoms with Crippen molar-refractivity contribution in [2.75, 3.05) is 20.8 Å². The summed E-state index contributed by atoms with van der Waals surface area (Å²) >= 11 is 0. The van der Waals surface area contributed by atoms with Gasteiger partial charge in [-0.2, -0.15) is 0 Å². The van der Waals surface area contributed by atoms with E-state index in [9.17, 15) is 9.59 Å². The standard InChI is InChI=1S/C20H19NO5/c1-12-18(13-7-4-5-9-15(13)21-12)16(22)11-26-20(23)14-8-6-10-17(24-2)19(14)25-3/h4-10,21H,11H2,1-3H3. The average Bonchev–Trinajstić information content (AvgIpc) is 3.00. The lowest BCUT2D eigenvalue weighted by Crippen LogP contribution is -2.15. The number of methoxy groups -OCH3 is 2. The molecule has 0 aliphatic carbocycles. The summed E-state index contributed by atoms with van der Waals surface area (Å²) in [5, 5.41) is 0.810. The fraction of sp³-hybridized carbons (Fsp3) is 0.200. The Morgan fingerprint density at radius 3 is 2.50 bits per heavy atom. The Morgan fingerprint density at radius 1 is 1.00 bits per heavy atom. The van der Waals surface area contributed by atoms with Crippen LogP contribution in [-0.4, -0.2) is 37.6 Å². The van der Waals surface area contributed by atoms with Crippen LogP contribution in [0.25, 0.3) is 10.9 Å². The summed E-state index contributed by atoms with van der Waals surface area (Å²) in [6, 6.07) is 12.4. The highest BCUT2D eigenvalue weighted by atomic mass is 16.5. The third-order valence-electron chi connectivity index (χ3n) is 4.13. The number of nitrogens with one attached hydrogen (secondary N) is 1. The molecule has 3 aromatic rings. The van der Waals surface area contributed by atoms with Crippen molar-refractivity contribution in [3.63, 3.8) is 0 Å². The summed E-state index contributed by atoms with van der Waals surface area (Å²) in [6.07, 6.45) is 0. The van der Waals surface area contributed by atoms with Gasteiger partial charge < -0.3 is 19.2 Å². The lowest BCUT2D eigenvalue weighted by molar-refractivity contribution is 0.0471. The van der Waals surface area contributed by atoms with Crippen molar-refractivity contribution in [1.29, 1.82) is 0 Å². The van der Waals surface area contributed by atoms with Gasteiger partial charge in [-0.1, -0.05) is 24.3 Å². The number of benzene rings is 2. The number of ether oxygens (including phenoxy) is 3. The molecule has 134 valence electrons. The molecule has 0 aliphatic rings. The SMILES string of the molecule is COc1cccc(C(=O)OCC(=O)c2c(C)[nH]c3ccccc23)c1OC. The van der Waals surface area contributed by atoms with Gasteiger partial charge in [-0.3, -0.25) is 4.79 Å². The lowest BCUT2D eigenvalue weighted by atomic mass is 10.1. The van der Waals surface area contributed by atoms with E-state index in [0.29, 0.717) is 11.3 Å². The minimum Gasteiger partial charge on any atom is -0.493 e. The zero-order chi connectivity index (χ0) is 18.7. The highest BCUT2D eigenvalue weighted by Crippen LogP contribution is 2.31. The molecule has 3 rings (SSSR count). The molecule has 0 unspecified atom stereocenters. The van der Waals surface area contributed by atoms with Crippen molar-refractivity contribution in [2.45, 2.75) is 6.92 Å². The number of aromatic nitrogens is 1. The quantitative estimate of drug-likeness (QED) is 0.542. The van der Waals surface area contributed by atoms with E-state index in [1.165, 1.54) is 14.2 Å². The predicted octanol–water partition coefficient (Wildman–Crippen LogP) is 3.53. The van der Waals surface area contributed by atoms with E-state index in [2.05, 4.69) is 4.98 Å². The number of hydrogen-bond acceptors (Lipinski definition) is 5. The number of carbonyl (C=O) groups is 2. The first-order valence-electron chi connectivity index (χ1n) is 8.05. The molecule has 2 aromatic carbocycles. The number of carbonyl (C=O) groups excluding carboxylic acids is 2. The Kier molecular flexibility index (Phi) is 4.93. The molecule has 0 bridgehead atoms. The van der Waals surface area contributed by atoms with E-state index in [0.717, 1.165) is 16.6 Å². The largest absolute Gasteiger partial charge is 0.493 e. The normalized spacial score (nSPS) is 10.6. The third kappa shape index (κ3) is 3.13. The minimum atomic E-state index is -0.647. The van der Waals surface area contributed by atoms with Crippen LogP contribution < -0.4 is 9.47 Å². The van der Waals surface area contributed by atoms with E-state index in [4.69, 9.17) is 14.2 Å². The van der Waals surface area contributed by atoms with E-state index in [1.807, 2.05) is 31.2 Å². The molecular formula is C20H19NO5. The molecule has 26 heavy (non-hydrogen) atoms. The summed E-state index contributed by atoms with van der Waals surface area (Å²) in [6.45, 7) is 1.46. The smallest absolute Gasteiger partial charge is 0.342 e. The van der Waals surface area contributed by atoms with Crippen LogP contribution in [0.2, 0.25) is 0 Å². The van der Waals surface area contributed by atoms with Crippen LogP contribution in [-0.2, 0) is 4.74 Å². The van der Waals surface area contributed by atoms with Crippen LogP contribution in [0, 0.1) is 6.92 Å². The van der Waals surface area contributed by atoms with E-state index in [1.54, 1.807) is 18.2 Å². The van der Waals surface area contributed by atoms with Crippen LogP contribution in [0.1, 0.15) is 26.4 Å². The van der Waals surface area contributed by atoms with Gasteiger partial charge in [0.25, 0.3) is 0 Å². The second-order valence-electron chi connectivity index (χ2n) is 5.71. The molecule has 1 N–H and O–H groups in total. The Morgan fingerprint density at radius 2 is 1.77 bits per heavy atom. The Bertz CT molecular complexity index is 973. The number of hydrogen-bond donors (Lipinski definition) is 1. The molecule has 0 aliphatic heterocycles. The van der Waals surface area contributed by atoms with Crippen LogP contribution >= 0.6 is 0 Å². The Labute approximate surface area is 150 Å². The van der Waals surface area contributed by atoms with Crippen molar-refractivity contribution < 1.29 is 23.8 Å². The molecule has 0 atom stereocenters. The first kappa shape index (κ1) is 17.5. The Balaban J connectivity index is 1.80. The number of fused-ring (bicyclic) bond motifs is 1. The number of Topliss-reactive ketones (excluding diaryl/α,β-unsaturated/α-hetero) is 1. The first-order valence-corrected chi connectivity index (χ1v) is 8.05. The fourth-order valence-corrected chi connectivity index (χ4v) is 2.96. The maximum atomic E-state index is 12.6. The summed E-state index contributed by atoms with van der Waals surface area (Å²) in [7, 11) is 2.92. The van der Waals surface area contributed by atoms with Gasteiger partial charge in [0.15, 0.2) is 18.1 Å². The van der Waals surface area contributed by atoms with E-state index < -0.39 is 5.97 Å². The second-order valence-corrected chi connectivity index (χ2v) is 5.71. The minimum absolute atomic E-state index is 0.204. The molecule has 0 radical (unpaired) electrons. The van der Waals surface area contributed by atoms with Crippen LogP contribution in [0.15, 0.2) is 42.5 Å². The Hall–Kier alpha value is -3.28. The molecule has 0 amide bonds. The van der Waals surface area contributed by atoms with Crippen molar-refractivity contribution in [3.05, 3.63) is 59.3 Å². The van der Waals surface area contributed by atoms with Crippen LogP contribution in [0.3, 0.4) is 0 Å². The molecule has 6 nitrogen and oxygen atoms in total. The monoisotopic (exact) mass is 353 g/mol. The highest BCUT2D eigenvalue weighted by molar-refractivity contribution is 6.10. The molecule has 1 aromatic heterocycles. The van der Waals surface area contributed by atoms with Gasteiger partial charge in [0.2, 0.25) is 5.78 Å². The van der Waals surface area contributed by atoms with Gasteiger partial charge in [-0.05, 0) is 25.1 Å². The number of ketones is 1. The summed E-state index contributed by atoms with van der Waals surface area (Å²) in [5.74, 6) is -0.224. The summed E-state index contributed by atoms with van der Waals surface area (Å²) in [5.41, 5.74) is 2.35. The van der Waals surface area contributed by atoms with Crippen molar-refractivity contribution >= 4 is 22.7 Å². The number of rotatable bonds is 6. The predicted molar refractivity (Wildman–Crippen MR) is 97.2 cm³/mol. The van der Waals surface area contributed by atoms with Crippen LogP contribution in [0.4, 0.5) is 0 Å². The van der Waals surface area contributed by atoms with Gasteiger partial charge in [-0.15, -0.1) is 0 Å². The number of H-pyrrole nitrogens is 1. The van der Waals surface area contributed by atoms with Gasteiger partial charge in [0.05, 0.1) is 14.2 Å². The van der Waals surface area contributed by atoms with Crippen LogP contribution in [0.5, 0.6) is 11.5 Å². The zero-order valence-corrected chi connectivity index (χ0v) is 14.8. The van der Waals surface area contributed by atoms with E-state index in [-0.39, 0.29) is 23.7 Å². The molecule has 1 heterocycles. The van der Waals surface area contributed by atoms with Crippen molar-refractivity contribution in [2.24, 2.45) is 0 Å². The third-order valence-corrected chi connectivity index (χ3v) is 4.13. The second kappa shape index (κ2) is 7.31. The van der Waals surface area contributed by atoms with Gasteiger partial charge in [0.1, 0.15) is 5.56 Å². The maximum Gasteiger partial charge on any atom is 0.342 e. The number of para-hydroxylation sites is 2. The average molecular weight is 353 g/mol.